The summed E-state index contributed by atoms with van der Waals surface area (Å²) >= 11 is 0. The molecule has 1 N–H and O–H groups in total. The van der Waals surface area contributed by atoms with E-state index in [1.165, 1.54) is 0 Å². The van der Waals surface area contributed by atoms with Crippen molar-refractivity contribution in [3.05, 3.63) is 28.8 Å². The molecule has 18 heavy (non-hydrogen) atoms. The van der Waals surface area contributed by atoms with Crippen LogP contribution in [-0.2, 0) is 11.2 Å². The normalized spacial score (nSPS) is 11.1. The summed E-state index contributed by atoms with van der Waals surface area (Å²) in [6.07, 6.45) is 0.0112. The van der Waals surface area contributed by atoms with Gasteiger partial charge in [0.05, 0.1) is 13.5 Å². The first kappa shape index (κ1) is 14.6. The van der Waals surface area contributed by atoms with Crippen molar-refractivity contribution < 1.29 is 14.6 Å². The second kappa shape index (κ2) is 5.89. The number of carboxylic acid groups (broad SMARTS) is 1. The molecule has 0 heterocycles. The third kappa shape index (κ3) is 3.03. The minimum atomic E-state index is -0.823. The maximum atomic E-state index is 11.0. The smallest absolute Gasteiger partial charge is 0.307 e. The molecular formula is C15H22O3. The fourth-order valence-corrected chi connectivity index (χ4v) is 2.23. The van der Waals surface area contributed by atoms with Crippen LogP contribution in [0.25, 0.3) is 0 Å². The number of hydrogen-bond acceptors (Lipinski definition) is 2. The predicted octanol–water partition coefficient (Wildman–Crippen LogP) is 3.57. The topological polar surface area (TPSA) is 46.5 Å². The van der Waals surface area contributed by atoms with Crippen molar-refractivity contribution in [1.29, 1.82) is 0 Å². The van der Waals surface area contributed by atoms with Gasteiger partial charge in [0.2, 0.25) is 0 Å². The Bertz CT molecular complexity index is 434. The van der Waals surface area contributed by atoms with Gasteiger partial charge in [-0.05, 0) is 23.0 Å². The molecule has 0 fully saturated rings. The lowest BCUT2D eigenvalue weighted by Crippen LogP contribution is -2.09. The highest BCUT2D eigenvalue weighted by Gasteiger charge is 2.19. The maximum absolute atomic E-state index is 11.0. The Balaban J connectivity index is 3.45. The first-order chi connectivity index (χ1) is 8.38. The molecule has 1 aromatic carbocycles. The van der Waals surface area contributed by atoms with Crippen molar-refractivity contribution in [2.24, 2.45) is 0 Å². The van der Waals surface area contributed by atoms with E-state index in [2.05, 4.69) is 27.7 Å². The molecule has 1 rings (SSSR count). The predicted molar refractivity (Wildman–Crippen MR) is 72.5 cm³/mol. The van der Waals surface area contributed by atoms with Gasteiger partial charge in [-0.25, -0.2) is 0 Å². The fourth-order valence-electron chi connectivity index (χ4n) is 2.23. The lowest BCUT2D eigenvalue weighted by Gasteiger charge is -2.20. The molecule has 0 unspecified atom stereocenters. The zero-order valence-electron chi connectivity index (χ0n) is 11.8. The van der Waals surface area contributed by atoms with Crippen molar-refractivity contribution >= 4 is 5.97 Å². The first-order valence-corrected chi connectivity index (χ1v) is 6.29. The third-order valence-corrected chi connectivity index (χ3v) is 3.10. The molecule has 0 bridgehead atoms. The van der Waals surface area contributed by atoms with Crippen LogP contribution in [-0.4, -0.2) is 18.2 Å². The number of benzene rings is 1. The highest BCUT2D eigenvalue weighted by Crippen LogP contribution is 2.35. The van der Waals surface area contributed by atoms with E-state index in [9.17, 15) is 4.79 Å². The second-order valence-corrected chi connectivity index (χ2v) is 5.14. The molecule has 0 aromatic heterocycles. The molecule has 0 amide bonds. The summed E-state index contributed by atoms with van der Waals surface area (Å²) in [5, 5.41) is 9.07. The van der Waals surface area contributed by atoms with Gasteiger partial charge in [0, 0.05) is 5.56 Å². The van der Waals surface area contributed by atoms with E-state index in [4.69, 9.17) is 9.84 Å². The van der Waals surface area contributed by atoms with E-state index in [1.54, 1.807) is 7.11 Å². The lowest BCUT2D eigenvalue weighted by molar-refractivity contribution is -0.136. The van der Waals surface area contributed by atoms with Crippen LogP contribution in [0.1, 0.15) is 56.2 Å². The molecule has 1 aromatic rings. The Morgan fingerprint density at radius 2 is 1.67 bits per heavy atom. The molecule has 0 saturated heterocycles. The zero-order valence-corrected chi connectivity index (χ0v) is 11.8. The largest absolute Gasteiger partial charge is 0.496 e. The summed E-state index contributed by atoms with van der Waals surface area (Å²) in [7, 11) is 1.61. The van der Waals surface area contributed by atoms with Gasteiger partial charge < -0.3 is 9.84 Å². The van der Waals surface area contributed by atoms with E-state index < -0.39 is 5.97 Å². The van der Waals surface area contributed by atoms with E-state index in [-0.39, 0.29) is 12.3 Å². The Hall–Kier alpha value is -1.51. The number of hydrogen-bond donors (Lipinski definition) is 1. The molecule has 0 saturated carbocycles. The Morgan fingerprint density at radius 1 is 1.17 bits per heavy atom. The van der Waals surface area contributed by atoms with Crippen molar-refractivity contribution in [3.8, 4) is 5.75 Å². The summed E-state index contributed by atoms with van der Waals surface area (Å²) in [6.45, 7) is 8.29. The number of carboxylic acids is 1. The van der Waals surface area contributed by atoms with Crippen molar-refractivity contribution in [3.63, 3.8) is 0 Å². The van der Waals surface area contributed by atoms with E-state index in [0.717, 1.165) is 22.4 Å². The van der Waals surface area contributed by atoms with Crippen LogP contribution in [0.2, 0.25) is 0 Å². The molecule has 0 atom stereocenters. The average molecular weight is 250 g/mol. The van der Waals surface area contributed by atoms with Gasteiger partial charge in [-0.2, -0.15) is 0 Å². The third-order valence-electron chi connectivity index (χ3n) is 3.10. The molecule has 0 aliphatic rings. The van der Waals surface area contributed by atoms with Crippen molar-refractivity contribution in [2.75, 3.05) is 7.11 Å². The van der Waals surface area contributed by atoms with Gasteiger partial charge >= 0.3 is 5.97 Å². The molecule has 100 valence electrons. The fraction of sp³-hybridized carbons (Fsp3) is 0.533. The number of methoxy groups -OCH3 is 1. The van der Waals surface area contributed by atoms with Crippen LogP contribution in [0.15, 0.2) is 12.1 Å². The standard InChI is InChI=1S/C15H22O3/c1-9(2)11-6-7-12(10(3)4)15(18-5)13(11)8-14(16)17/h6-7,9-10H,8H2,1-5H3,(H,16,17). The number of aliphatic carboxylic acids is 1. The highest BCUT2D eigenvalue weighted by atomic mass is 16.5. The molecule has 0 radical (unpaired) electrons. The monoisotopic (exact) mass is 250 g/mol. The van der Waals surface area contributed by atoms with Crippen LogP contribution in [0.5, 0.6) is 5.75 Å². The van der Waals surface area contributed by atoms with E-state index >= 15 is 0 Å². The Labute approximate surface area is 109 Å². The summed E-state index contributed by atoms with van der Waals surface area (Å²) in [5.41, 5.74) is 2.93. The van der Waals surface area contributed by atoms with Crippen LogP contribution in [0, 0.1) is 0 Å². The molecule has 0 aliphatic carbocycles. The van der Waals surface area contributed by atoms with E-state index in [0.29, 0.717) is 5.92 Å². The number of rotatable bonds is 5. The van der Waals surface area contributed by atoms with Gasteiger partial charge in [0.25, 0.3) is 0 Å². The Kier molecular flexibility index (Phi) is 4.76. The van der Waals surface area contributed by atoms with Crippen molar-refractivity contribution in [2.45, 2.75) is 46.0 Å². The zero-order chi connectivity index (χ0) is 13.9. The summed E-state index contributed by atoms with van der Waals surface area (Å²) in [5.74, 6) is 0.512. The van der Waals surface area contributed by atoms with Gasteiger partial charge in [-0.3, -0.25) is 4.79 Å². The molecule has 0 aliphatic heterocycles. The summed E-state index contributed by atoms with van der Waals surface area (Å²) in [6, 6.07) is 4.07. The van der Waals surface area contributed by atoms with Gasteiger partial charge in [-0.1, -0.05) is 39.8 Å². The summed E-state index contributed by atoms with van der Waals surface area (Å²) in [4.78, 5) is 11.0. The minimum absolute atomic E-state index is 0.0112. The minimum Gasteiger partial charge on any atom is -0.496 e. The van der Waals surface area contributed by atoms with Crippen LogP contribution < -0.4 is 4.74 Å². The van der Waals surface area contributed by atoms with Crippen LogP contribution >= 0.6 is 0 Å². The van der Waals surface area contributed by atoms with Crippen LogP contribution in [0.4, 0.5) is 0 Å². The lowest BCUT2D eigenvalue weighted by atomic mass is 9.89. The van der Waals surface area contributed by atoms with Gasteiger partial charge in [0.15, 0.2) is 0 Å². The first-order valence-electron chi connectivity index (χ1n) is 6.29. The second-order valence-electron chi connectivity index (χ2n) is 5.14. The molecule has 0 spiro atoms. The SMILES string of the molecule is COc1c(C(C)C)ccc(C(C)C)c1CC(=O)O. The molecular weight excluding hydrogens is 228 g/mol. The van der Waals surface area contributed by atoms with Gasteiger partial charge in [0.1, 0.15) is 5.75 Å². The Morgan fingerprint density at radius 3 is 2.06 bits per heavy atom. The quantitative estimate of drug-likeness (QED) is 0.869. The van der Waals surface area contributed by atoms with E-state index in [1.807, 2.05) is 12.1 Å². The molecule has 3 heteroatoms. The van der Waals surface area contributed by atoms with Crippen molar-refractivity contribution in [1.82, 2.24) is 0 Å². The number of carbonyl (C=O) groups is 1. The maximum Gasteiger partial charge on any atom is 0.307 e. The van der Waals surface area contributed by atoms with Gasteiger partial charge in [-0.15, -0.1) is 0 Å². The average Bonchev–Trinajstić information content (AvgIpc) is 2.26. The number of ether oxygens (including phenoxy) is 1. The highest BCUT2D eigenvalue weighted by molar-refractivity contribution is 5.73. The molecule has 3 nitrogen and oxygen atoms in total. The summed E-state index contributed by atoms with van der Waals surface area (Å²) < 4.78 is 5.47. The van der Waals surface area contributed by atoms with Crippen LogP contribution in [0.3, 0.4) is 0 Å².